The number of amides is 2. The quantitative estimate of drug-likeness (QED) is 0.808. The zero-order chi connectivity index (χ0) is 20.1. The van der Waals surface area contributed by atoms with E-state index in [0.717, 1.165) is 25.8 Å². The molecule has 2 saturated heterocycles. The normalized spacial score (nSPS) is 25.0. The largest absolute Gasteiger partial charge is 0.392 e. The van der Waals surface area contributed by atoms with E-state index in [0.29, 0.717) is 38.2 Å². The van der Waals surface area contributed by atoms with Crippen LogP contribution < -0.4 is 5.32 Å². The van der Waals surface area contributed by atoms with Crippen molar-refractivity contribution >= 4 is 17.5 Å². The topological polar surface area (TPSA) is 72.9 Å². The summed E-state index contributed by atoms with van der Waals surface area (Å²) in [5.74, 6) is -0.230. The van der Waals surface area contributed by atoms with Gasteiger partial charge in [-0.3, -0.25) is 9.59 Å². The number of nitrogens with zero attached hydrogens (tertiary/aromatic N) is 2. The Labute approximate surface area is 165 Å². The third-order valence-corrected chi connectivity index (χ3v) is 5.95. The van der Waals surface area contributed by atoms with E-state index in [1.165, 1.54) is 12.1 Å². The molecule has 1 aromatic rings. The number of benzene rings is 1. The fraction of sp³-hybridized carbons (Fsp3) is 0.619. The van der Waals surface area contributed by atoms with Crippen LogP contribution in [0.4, 0.5) is 10.1 Å². The van der Waals surface area contributed by atoms with Gasteiger partial charge < -0.3 is 20.2 Å². The molecule has 2 aliphatic rings. The van der Waals surface area contributed by atoms with E-state index in [1.807, 2.05) is 11.8 Å². The standard InChI is InChI=1S/C21H30FN3O3/c1-2-4-19(27)24-11-3-10-21(14-24)15-25(12-9-18(21)26)20(28)13-23-17-7-5-16(22)6-8-17/h5-8,18,23,26H,2-4,9-15H2,1H3/t18-,21+/m0/s1. The first kappa shape index (κ1) is 20.6. The third-order valence-electron chi connectivity index (χ3n) is 5.95. The summed E-state index contributed by atoms with van der Waals surface area (Å²) < 4.78 is 13.0. The van der Waals surface area contributed by atoms with Crippen LogP contribution in [0.3, 0.4) is 0 Å². The number of carbonyl (C=O) groups excluding carboxylic acids is 2. The van der Waals surface area contributed by atoms with Gasteiger partial charge in [0.15, 0.2) is 0 Å². The smallest absolute Gasteiger partial charge is 0.241 e. The Morgan fingerprint density at radius 1 is 1.18 bits per heavy atom. The van der Waals surface area contributed by atoms with Crippen molar-refractivity contribution in [2.24, 2.45) is 5.41 Å². The predicted octanol–water partition coefficient (Wildman–Crippen LogP) is 2.24. The minimum atomic E-state index is -0.501. The lowest BCUT2D eigenvalue weighted by molar-refractivity contribution is -0.147. The van der Waals surface area contributed by atoms with Crippen molar-refractivity contribution in [3.05, 3.63) is 30.1 Å². The van der Waals surface area contributed by atoms with Gasteiger partial charge in [0.2, 0.25) is 11.8 Å². The molecule has 2 N–H and O–H groups in total. The molecule has 28 heavy (non-hydrogen) atoms. The van der Waals surface area contributed by atoms with Crippen LogP contribution in [-0.4, -0.2) is 65.5 Å². The highest BCUT2D eigenvalue weighted by atomic mass is 19.1. The van der Waals surface area contributed by atoms with Crippen LogP contribution >= 0.6 is 0 Å². The van der Waals surface area contributed by atoms with E-state index in [1.54, 1.807) is 17.0 Å². The van der Waals surface area contributed by atoms with Crippen LogP contribution in [0.15, 0.2) is 24.3 Å². The second kappa shape index (κ2) is 8.90. The first-order valence-electron chi connectivity index (χ1n) is 10.2. The number of anilines is 1. The number of carbonyl (C=O) groups is 2. The van der Waals surface area contributed by atoms with Gasteiger partial charge in [-0.2, -0.15) is 0 Å². The van der Waals surface area contributed by atoms with Crippen molar-refractivity contribution in [2.45, 2.75) is 45.1 Å². The summed E-state index contributed by atoms with van der Waals surface area (Å²) in [5, 5.41) is 13.8. The molecule has 0 aromatic heterocycles. The van der Waals surface area contributed by atoms with Gasteiger partial charge in [-0.05, 0) is 49.9 Å². The molecular weight excluding hydrogens is 361 g/mol. The molecule has 0 saturated carbocycles. The number of piperidine rings is 2. The van der Waals surface area contributed by atoms with Crippen molar-refractivity contribution in [1.82, 2.24) is 9.80 Å². The van der Waals surface area contributed by atoms with E-state index in [4.69, 9.17) is 0 Å². The molecule has 2 aliphatic heterocycles. The van der Waals surface area contributed by atoms with E-state index in [-0.39, 0.29) is 24.2 Å². The maximum atomic E-state index is 13.0. The minimum absolute atomic E-state index is 0.0485. The molecule has 6 nitrogen and oxygen atoms in total. The van der Waals surface area contributed by atoms with Gasteiger partial charge >= 0.3 is 0 Å². The number of likely N-dealkylation sites (tertiary alicyclic amines) is 2. The first-order chi connectivity index (χ1) is 13.4. The van der Waals surface area contributed by atoms with E-state index >= 15 is 0 Å². The average molecular weight is 391 g/mol. The molecular formula is C21H30FN3O3. The Hall–Kier alpha value is -2.15. The van der Waals surface area contributed by atoms with Crippen molar-refractivity contribution in [1.29, 1.82) is 0 Å². The number of aliphatic hydroxyl groups excluding tert-OH is 1. The lowest BCUT2D eigenvalue weighted by atomic mass is 9.71. The lowest BCUT2D eigenvalue weighted by Gasteiger charge is -2.51. The van der Waals surface area contributed by atoms with Crippen LogP contribution in [0, 0.1) is 11.2 Å². The third kappa shape index (κ3) is 4.63. The molecule has 2 fully saturated rings. The van der Waals surface area contributed by atoms with E-state index in [9.17, 15) is 19.1 Å². The molecule has 0 bridgehead atoms. The van der Waals surface area contributed by atoms with Crippen LogP contribution in [0.25, 0.3) is 0 Å². The van der Waals surface area contributed by atoms with Crippen molar-refractivity contribution in [3.8, 4) is 0 Å². The Balaban J connectivity index is 1.62. The van der Waals surface area contributed by atoms with Gasteiger partial charge in [0.1, 0.15) is 5.82 Å². The molecule has 2 heterocycles. The Kier molecular flexibility index (Phi) is 6.54. The van der Waals surface area contributed by atoms with Crippen molar-refractivity contribution in [3.63, 3.8) is 0 Å². The summed E-state index contributed by atoms with van der Waals surface area (Å²) in [4.78, 5) is 28.7. The SMILES string of the molecule is CCCC(=O)N1CCC[C@@]2(C1)CN(C(=O)CNc1ccc(F)cc1)CC[C@@H]2O. The van der Waals surface area contributed by atoms with Gasteiger partial charge in [0.25, 0.3) is 0 Å². The molecule has 7 heteroatoms. The number of rotatable bonds is 5. The Bertz CT molecular complexity index is 697. The zero-order valence-electron chi connectivity index (χ0n) is 16.5. The van der Waals surface area contributed by atoms with Crippen LogP contribution in [-0.2, 0) is 9.59 Å². The summed E-state index contributed by atoms with van der Waals surface area (Å²) in [5.41, 5.74) is 0.251. The molecule has 1 aromatic carbocycles. The number of aliphatic hydroxyl groups is 1. The zero-order valence-corrected chi connectivity index (χ0v) is 16.5. The summed E-state index contributed by atoms with van der Waals surface area (Å²) in [6.45, 7) is 4.33. The van der Waals surface area contributed by atoms with E-state index < -0.39 is 11.5 Å². The number of nitrogens with one attached hydrogen (secondary N) is 1. The molecule has 1 spiro atoms. The monoisotopic (exact) mass is 391 g/mol. The van der Waals surface area contributed by atoms with Crippen molar-refractivity contribution in [2.75, 3.05) is 38.0 Å². The summed E-state index contributed by atoms with van der Waals surface area (Å²) in [6.07, 6.45) is 3.03. The summed E-state index contributed by atoms with van der Waals surface area (Å²) in [7, 11) is 0. The summed E-state index contributed by atoms with van der Waals surface area (Å²) in [6, 6.07) is 5.90. The lowest BCUT2D eigenvalue weighted by Crippen LogP contribution is -2.61. The molecule has 2 atom stereocenters. The highest BCUT2D eigenvalue weighted by Crippen LogP contribution is 2.39. The molecule has 0 unspecified atom stereocenters. The van der Waals surface area contributed by atoms with Crippen LogP contribution in [0.5, 0.6) is 0 Å². The van der Waals surface area contributed by atoms with Gasteiger partial charge in [-0.25, -0.2) is 4.39 Å². The average Bonchev–Trinajstić information content (AvgIpc) is 2.70. The maximum Gasteiger partial charge on any atom is 0.241 e. The second-order valence-electron chi connectivity index (χ2n) is 8.01. The first-order valence-corrected chi connectivity index (χ1v) is 10.2. The van der Waals surface area contributed by atoms with Gasteiger partial charge in [0, 0.05) is 43.7 Å². The summed E-state index contributed by atoms with van der Waals surface area (Å²) >= 11 is 0. The Morgan fingerprint density at radius 2 is 1.86 bits per heavy atom. The second-order valence-corrected chi connectivity index (χ2v) is 8.01. The van der Waals surface area contributed by atoms with Gasteiger partial charge in [-0.1, -0.05) is 6.92 Å². The molecule has 154 valence electrons. The maximum absolute atomic E-state index is 13.0. The molecule has 0 aliphatic carbocycles. The number of halogens is 1. The molecule has 0 radical (unpaired) electrons. The fourth-order valence-electron chi connectivity index (χ4n) is 4.37. The molecule has 2 amide bonds. The van der Waals surface area contributed by atoms with Crippen molar-refractivity contribution < 1.29 is 19.1 Å². The van der Waals surface area contributed by atoms with Crippen LogP contribution in [0.2, 0.25) is 0 Å². The van der Waals surface area contributed by atoms with Crippen LogP contribution in [0.1, 0.15) is 39.0 Å². The minimum Gasteiger partial charge on any atom is -0.392 e. The Morgan fingerprint density at radius 3 is 2.54 bits per heavy atom. The van der Waals surface area contributed by atoms with Gasteiger partial charge in [0.05, 0.1) is 12.6 Å². The molecule has 3 rings (SSSR count). The predicted molar refractivity (Wildman–Crippen MR) is 105 cm³/mol. The number of hydrogen-bond donors (Lipinski definition) is 2. The number of hydrogen-bond acceptors (Lipinski definition) is 4. The highest BCUT2D eigenvalue weighted by Gasteiger charge is 2.47. The van der Waals surface area contributed by atoms with Gasteiger partial charge in [-0.15, -0.1) is 0 Å². The fourth-order valence-corrected chi connectivity index (χ4v) is 4.37. The highest BCUT2D eigenvalue weighted by molar-refractivity contribution is 5.81. The van der Waals surface area contributed by atoms with E-state index in [2.05, 4.69) is 5.32 Å².